The molecule has 0 unspecified atom stereocenters. The lowest BCUT2D eigenvalue weighted by Gasteiger charge is -2.09. The number of benzene rings is 1. The quantitative estimate of drug-likeness (QED) is 0.664. The number of nitrogens with one attached hydrogen (secondary N) is 1. The van der Waals surface area contributed by atoms with E-state index in [4.69, 9.17) is 9.47 Å². The molecule has 3 rings (SSSR count). The second-order valence-corrected chi connectivity index (χ2v) is 6.99. The number of esters is 1. The highest BCUT2D eigenvalue weighted by Crippen LogP contribution is 2.21. The summed E-state index contributed by atoms with van der Waals surface area (Å²) in [5.74, 6) is 0.0429. The van der Waals surface area contributed by atoms with E-state index in [1.807, 2.05) is 0 Å². The minimum Gasteiger partial charge on any atom is -0.497 e. The van der Waals surface area contributed by atoms with Crippen molar-refractivity contribution in [3.8, 4) is 5.75 Å². The number of sulfonamides is 1. The molecule has 0 saturated heterocycles. The summed E-state index contributed by atoms with van der Waals surface area (Å²) in [7, 11) is -2.28. The van der Waals surface area contributed by atoms with Crippen molar-refractivity contribution in [2.24, 2.45) is 0 Å². The molecule has 0 amide bonds. The highest BCUT2D eigenvalue weighted by molar-refractivity contribution is 7.92. The molecule has 0 aliphatic heterocycles. The first kappa shape index (κ1) is 17.7. The van der Waals surface area contributed by atoms with E-state index < -0.39 is 16.0 Å². The van der Waals surface area contributed by atoms with Gasteiger partial charge in [-0.1, -0.05) is 0 Å². The number of hydrogen-bond donors (Lipinski definition) is 1. The number of hydrogen-bond acceptors (Lipinski definition) is 6. The monoisotopic (exact) mass is 375 g/mol. The number of pyridine rings is 1. The van der Waals surface area contributed by atoms with Gasteiger partial charge in [-0.15, -0.1) is 0 Å². The van der Waals surface area contributed by atoms with Crippen LogP contribution in [0.3, 0.4) is 0 Å². The zero-order valence-electron chi connectivity index (χ0n) is 14.2. The van der Waals surface area contributed by atoms with Gasteiger partial charge in [-0.05, 0) is 43.3 Å². The van der Waals surface area contributed by atoms with Gasteiger partial charge in [0.1, 0.15) is 11.3 Å². The van der Waals surface area contributed by atoms with Crippen molar-refractivity contribution in [3.05, 3.63) is 54.4 Å². The average Bonchev–Trinajstić information content (AvgIpc) is 3.05. The number of aromatic nitrogens is 2. The number of fused-ring (bicyclic) bond motifs is 1. The van der Waals surface area contributed by atoms with Gasteiger partial charge >= 0.3 is 5.97 Å². The Balaban J connectivity index is 1.92. The molecular formula is C17H17N3O5S. The summed E-state index contributed by atoms with van der Waals surface area (Å²) in [5, 5.41) is 4.06. The summed E-state index contributed by atoms with van der Waals surface area (Å²) in [5.41, 5.74) is 1.01. The van der Waals surface area contributed by atoms with Gasteiger partial charge in [0, 0.05) is 6.20 Å². The maximum absolute atomic E-state index is 12.5. The van der Waals surface area contributed by atoms with E-state index in [0.717, 1.165) is 0 Å². The Bertz CT molecular complexity index is 1040. The first-order valence-corrected chi connectivity index (χ1v) is 9.24. The maximum Gasteiger partial charge on any atom is 0.341 e. The largest absolute Gasteiger partial charge is 0.497 e. The van der Waals surface area contributed by atoms with Crippen LogP contribution in [0.2, 0.25) is 0 Å². The number of nitrogens with zero attached hydrogens (tertiary/aromatic N) is 2. The van der Waals surface area contributed by atoms with Gasteiger partial charge in [0.15, 0.2) is 0 Å². The highest BCUT2D eigenvalue weighted by atomic mass is 32.2. The second kappa shape index (κ2) is 7.04. The molecule has 0 aliphatic rings. The van der Waals surface area contributed by atoms with Crippen LogP contribution in [-0.2, 0) is 14.8 Å². The fourth-order valence-corrected chi connectivity index (χ4v) is 3.43. The van der Waals surface area contributed by atoms with Crippen LogP contribution in [-0.4, -0.2) is 37.7 Å². The van der Waals surface area contributed by atoms with Crippen LogP contribution in [0.4, 0.5) is 5.69 Å². The van der Waals surface area contributed by atoms with Gasteiger partial charge in [0.05, 0.1) is 36.0 Å². The van der Waals surface area contributed by atoms with E-state index in [-0.39, 0.29) is 17.1 Å². The molecular weight excluding hydrogens is 358 g/mol. The molecule has 0 spiro atoms. The van der Waals surface area contributed by atoms with Crippen molar-refractivity contribution >= 4 is 27.2 Å². The third-order valence-corrected chi connectivity index (χ3v) is 5.04. The minimum absolute atomic E-state index is 0.0947. The third-order valence-electron chi connectivity index (χ3n) is 3.64. The number of anilines is 1. The van der Waals surface area contributed by atoms with E-state index in [1.54, 1.807) is 31.3 Å². The second-order valence-electron chi connectivity index (χ2n) is 5.30. The Kier molecular flexibility index (Phi) is 4.81. The summed E-state index contributed by atoms with van der Waals surface area (Å²) in [6, 6.07) is 9.10. The lowest BCUT2D eigenvalue weighted by molar-refractivity contribution is 0.0528. The van der Waals surface area contributed by atoms with Crippen molar-refractivity contribution in [2.45, 2.75) is 11.8 Å². The van der Waals surface area contributed by atoms with Crippen LogP contribution in [0.5, 0.6) is 5.75 Å². The molecule has 1 N–H and O–H groups in total. The van der Waals surface area contributed by atoms with Gasteiger partial charge in [0.25, 0.3) is 10.0 Å². The summed E-state index contributed by atoms with van der Waals surface area (Å²) in [4.78, 5) is 12.1. The van der Waals surface area contributed by atoms with Gasteiger partial charge in [-0.2, -0.15) is 5.10 Å². The summed E-state index contributed by atoms with van der Waals surface area (Å²) in [6.45, 7) is 1.94. The Morgan fingerprint density at radius 1 is 1.23 bits per heavy atom. The van der Waals surface area contributed by atoms with Crippen LogP contribution in [0.25, 0.3) is 5.52 Å². The average molecular weight is 375 g/mol. The van der Waals surface area contributed by atoms with Gasteiger partial charge in [0.2, 0.25) is 0 Å². The van der Waals surface area contributed by atoms with Crippen LogP contribution in [0, 0.1) is 0 Å². The number of rotatable bonds is 6. The molecule has 3 aromatic rings. The number of methoxy groups -OCH3 is 1. The topological polar surface area (TPSA) is 99.0 Å². The molecule has 8 nitrogen and oxygen atoms in total. The van der Waals surface area contributed by atoms with E-state index >= 15 is 0 Å². The van der Waals surface area contributed by atoms with E-state index in [9.17, 15) is 13.2 Å². The van der Waals surface area contributed by atoms with Crippen molar-refractivity contribution in [2.75, 3.05) is 18.4 Å². The lowest BCUT2D eigenvalue weighted by Crippen LogP contribution is -2.13. The highest BCUT2D eigenvalue weighted by Gasteiger charge is 2.17. The molecule has 0 bridgehead atoms. The summed E-state index contributed by atoms with van der Waals surface area (Å²) in [6.07, 6.45) is 2.94. The van der Waals surface area contributed by atoms with Gasteiger partial charge in [-0.25, -0.2) is 17.7 Å². The maximum atomic E-state index is 12.5. The third kappa shape index (κ3) is 3.47. The Morgan fingerprint density at radius 3 is 2.62 bits per heavy atom. The molecule has 1 aromatic carbocycles. The SMILES string of the molecule is CCOC(=O)c1cnn2ccc(NS(=O)(=O)c3ccc(OC)cc3)cc12. The molecule has 2 heterocycles. The fraction of sp³-hybridized carbons (Fsp3) is 0.176. The molecule has 2 aromatic heterocycles. The van der Waals surface area contributed by atoms with E-state index in [1.165, 1.54) is 36.0 Å². The predicted molar refractivity (Wildman–Crippen MR) is 95.0 cm³/mol. The standard InChI is InChI=1S/C17H17N3O5S/c1-3-25-17(21)15-11-18-20-9-8-12(10-16(15)20)19-26(22,23)14-6-4-13(24-2)5-7-14/h4-11,19H,3H2,1-2H3. The molecule has 26 heavy (non-hydrogen) atoms. The molecule has 0 atom stereocenters. The smallest absolute Gasteiger partial charge is 0.341 e. The molecule has 0 fully saturated rings. The van der Waals surface area contributed by atoms with Crippen molar-refractivity contribution in [1.82, 2.24) is 9.61 Å². The summed E-state index contributed by atoms with van der Waals surface area (Å²) < 4.78 is 39.0. The molecule has 9 heteroatoms. The van der Waals surface area contributed by atoms with E-state index in [0.29, 0.717) is 17.0 Å². The Labute approximate surface area is 150 Å². The van der Waals surface area contributed by atoms with Crippen molar-refractivity contribution in [1.29, 1.82) is 0 Å². The zero-order valence-corrected chi connectivity index (χ0v) is 15.0. The number of carbonyl (C=O) groups is 1. The van der Waals surface area contributed by atoms with Crippen LogP contribution >= 0.6 is 0 Å². The predicted octanol–water partition coefficient (Wildman–Crippen LogP) is 2.32. The minimum atomic E-state index is -3.78. The fourth-order valence-electron chi connectivity index (χ4n) is 2.38. The number of carbonyl (C=O) groups excluding carboxylic acids is 1. The van der Waals surface area contributed by atoms with Gasteiger partial charge in [-0.3, -0.25) is 4.72 Å². The summed E-state index contributed by atoms with van der Waals surface area (Å²) >= 11 is 0. The molecule has 0 aliphatic carbocycles. The first-order valence-electron chi connectivity index (χ1n) is 7.76. The lowest BCUT2D eigenvalue weighted by atomic mass is 10.2. The van der Waals surface area contributed by atoms with E-state index in [2.05, 4.69) is 9.82 Å². The van der Waals surface area contributed by atoms with Crippen molar-refractivity contribution in [3.63, 3.8) is 0 Å². The first-order chi connectivity index (χ1) is 12.4. The Hall–Kier alpha value is -3.07. The molecule has 0 radical (unpaired) electrons. The molecule has 0 saturated carbocycles. The zero-order chi connectivity index (χ0) is 18.7. The van der Waals surface area contributed by atoms with Crippen LogP contribution in [0.15, 0.2) is 53.7 Å². The van der Waals surface area contributed by atoms with Crippen molar-refractivity contribution < 1.29 is 22.7 Å². The normalized spacial score (nSPS) is 11.3. The number of ether oxygens (including phenoxy) is 2. The van der Waals surface area contributed by atoms with Crippen LogP contribution in [0.1, 0.15) is 17.3 Å². The van der Waals surface area contributed by atoms with Crippen LogP contribution < -0.4 is 9.46 Å². The Morgan fingerprint density at radius 2 is 1.96 bits per heavy atom. The van der Waals surface area contributed by atoms with Gasteiger partial charge < -0.3 is 9.47 Å². The molecule has 136 valence electrons.